The van der Waals surface area contributed by atoms with E-state index in [0.717, 1.165) is 22.0 Å². The highest BCUT2D eigenvalue weighted by molar-refractivity contribution is 9.10. The number of rotatable bonds is 5. The summed E-state index contributed by atoms with van der Waals surface area (Å²) in [5.74, 6) is -0.468. The Balaban J connectivity index is 1.88. The van der Waals surface area contributed by atoms with Gasteiger partial charge in [0.15, 0.2) is 0 Å². The first-order chi connectivity index (χ1) is 9.54. The molecule has 106 valence electrons. The Kier molecular flexibility index (Phi) is 5.26. The van der Waals surface area contributed by atoms with Gasteiger partial charge in [0, 0.05) is 17.1 Å². The molecule has 4 heteroatoms. The van der Waals surface area contributed by atoms with Crippen molar-refractivity contribution < 1.29 is 8.78 Å². The Bertz CT molecular complexity index is 569. The number of halogens is 3. The fourth-order valence-electron chi connectivity index (χ4n) is 2.00. The third-order valence-corrected chi connectivity index (χ3v) is 3.85. The highest BCUT2D eigenvalue weighted by atomic mass is 79.9. The van der Waals surface area contributed by atoms with Gasteiger partial charge >= 0.3 is 0 Å². The SMILES string of the molecule is CC(Cc1ccc(F)cc1)NCc1ccc(F)cc1Br. The van der Waals surface area contributed by atoms with Crippen LogP contribution in [0.1, 0.15) is 18.1 Å². The van der Waals surface area contributed by atoms with E-state index in [2.05, 4.69) is 28.2 Å². The second-order valence-corrected chi connectivity index (χ2v) is 5.70. The maximum atomic E-state index is 13.0. The molecule has 2 aromatic carbocycles. The standard InChI is InChI=1S/C16H16BrF2N/c1-11(8-12-2-5-14(18)6-3-12)20-10-13-4-7-15(19)9-16(13)17/h2-7,9,11,20H,8,10H2,1H3. The number of nitrogens with one attached hydrogen (secondary N) is 1. The molecule has 0 fully saturated rings. The van der Waals surface area contributed by atoms with Crippen molar-refractivity contribution in [1.29, 1.82) is 0 Å². The van der Waals surface area contributed by atoms with Gasteiger partial charge in [0.05, 0.1) is 0 Å². The molecule has 2 aromatic rings. The Morgan fingerprint density at radius 2 is 1.70 bits per heavy atom. The van der Waals surface area contributed by atoms with Gasteiger partial charge in [-0.2, -0.15) is 0 Å². The van der Waals surface area contributed by atoms with Crippen molar-refractivity contribution in [2.45, 2.75) is 25.9 Å². The second-order valence-electron chi connectivity index (χ2n) is 4.85. The molecule has 0 saturated heterocycles. The largest absolute Gasteiger partial charge is 0.310 e. The predicted molar refractivity (Wildman–Crippen MR) is 80.5 cm³/mol. The summed E-state index contributed by atoms with van der Waals surface area (Å²) in [5, 5.41) is 3.38. The van der Waals surface area contributed by atoms with Crippen LogP contribution in [0.5, 0.6) is 0 Å². The van der Waals surface area contributed by atoms with Crippen LogP contribution in [0.4, 0.5) is 8.78 Å². The van der Waals surface area contributed by atoms with Crippen LogP contribution < -0.4 is 5.32 Å². The van der Waals surface area contributed by atoms with Crippen LogP contribution in [0.3, 0.4) is 0 Å². The van der Waals surface area contributed by atoms with E-state index < -0.39 is 0 Å². The Hall–Kier alpha value is -1.26. The van der Waals surface area contributed by atoms with Gasteiger partial charge in [-0.15, -0.1) is 0 Å². The summed E-state index contributed by atoms with van der Waals surface area (Å²) < 4.78 is 26.6. The first-order valence-electron chi connectivity index (χ1n) is 6.46. The van der Waals surface area contributed by atoms with Gasteiger partial charge in [0.2, 0.25) is 0 Å². The van der Waals surface area contributed by atoms with Crippen molar-refractivity contribution in [3.63, 3.8) is 0 Å². The molecule has 0 heterocycles. The van der Waals surface area contributed by atoms with E-state index in [1.54, 1.807) is 18.2 Å². The number of hydrogen-bond acceptors (Lipinski definition) is 1. The van der Waals surface area contributed by atoms with Crippen molar-refractivity contribution in [2.75, 3.05) is 0 Å². The van der Waals surface area contributed by atoms with Gasteiger partial charge in [0.25, 0.3) is 0 Å². The molecule has 0 amide bonds. The third-order valence-electron chi connectivity index (χ3n) is 3.11. The minimum Gasteiger partial charge on any atom is -0.310 e. The minimum atomic E-state index is -0.250. The fraction of sp³-hybridized carbons (Fsp3) is 0.250. The van der Waals surface area contributed by atoms with Crippen molar-refractivity contribution in [2.24, 2.45) is 0 Å². The van der Waals surface area contributed by atoms with Crippen LogP contribution in [0.15, 0.2) is 46.9 Å². The average molecular weight is 340 g/mol. The number of hydrogen-bond donors (Lipinski definition) is 1. The van der Waals surface area contributed by atoms with Crippen molar-refractivity contribution in [3.05, 3.63) is 69.7 Å². The summed E-state index contributed by atoms with van der Waals surface area (Å²) in [6.07, 6.45) is 0.819. The summed E-state index contributed by atoms with van der Waals surface area (Å²) in [6.45, 7) is 2.73. The van der Waals surface area contributed by atoms with Gasteiger partial charge in [0.1, 0.15) is 11.6 Å². The van der Waals surface area contributed by atoms with E-state index in [0.29, 0.717) is 6.54 Å². The van der Waals surface area contributed by atoms with E-state index in [-0.39, 0.29) is 17.7 Å². The third kappa shape index (κ3) is 4.39. The van der Waals surface area contributed by atoms with E-state index in [1.165, 1.54) is 24.3 Å². The maximum absolute atomic E-state index is 13.0. The van der Waals surface area contributed by atoms with Gasteiger partial charge in [-0.25, -0.2) is 8.78 Å². The number of benzene rings is 2. The van der Waals surface area contributed by atoms with Crippen LogP contribution in [0, 0.1) is 11.6 Å². The molecule has 1 atom stereocenters. The Morgan fingerprint density at radius 3 is 2.35 bits per heavy atom. The topological polar surface area (TPSA) is 12.0 Å². The van der Waals surface area contributed by atoms with Gasteiger partial charge in [-0.05, 0) is 48.7 Å². The lowest BCUT2D eigenvalue weighted by atomic mass is 10.1. The lowest BCUT2D eigenvalue weighted by Crippen LogP contribution is -2.27. The molecule has 0 bridgehead atoms. The summed E-state index contributed by atoms with van der Waals surface area (Å²) >= 11 is 3.35. The van der Waals surface area contributed by atoms with Crippen LogP contribution in [0.2, 0.25) is 0 Å². The maximum Gasteiger partial charge on any atom is 0.124 e. The lowest BCUT2D eigenvalue weighted by Gasteiger charge is -2.14. The molecule has 0 saturated carbocycles. The van der Waals surface area contributed by atoms with Gasteiger partial charge in [-0.1, -0.05) is 34.1 Å². The Labute approximate surface area is 126 Å². The summed E-state index contributed by atoms with van der Waals surface area (Å²) in [6, 6.07) is 11.4. The van der Waals surface area contributed by atoms with Crippen molar-refractivity contribution >= 4 is 15.9 Å². The molecule has 0 aliphatic heterocycles. The molecule has 1 unspecified atom stereocenters. The molecule has 0 radical (unpaired) electrons. The van der Waals surface area contributed by atoms with E-state index >= 15 is 0 Å². The first-order valence-corrected chi connectivity index (χ1v) is 7.25. The molecule has 1 nitrogen and oxygen atoms in total. The van der Waals surface area contributed by atoms with Crippen molar-refractivity contribution in [3.8, 4) is 0 Å². The smallest absolute Gasteiger partial charge is 0.124 e. The highest BCUT2D eigenvalue weighted by Gasteiger charge is 2.06. The minimum absolute atomic E-state index is 0.218. The first kappa shape index (κ1) is 15.1. The zero-order chi connectivity index (χ0) is 14.5. The quantitative estimate of drug-likeness (QED) is 0.848. The van der Waals surface area contributed by atoms with E-state index in [9.17, 15) is 8.78 Å². The summed E-state index contributed by atoms with van der Waals surface area (Å²) in [7, 11) is 0. The molecule has 0 aromatic heterocycles. The monoisotopic (exact) mass is 339 g/mol. The fourth-order valence-corrected chi connectivity index (χ4v) is 2.49. The molecule has 0 aliphatic rings. The molecule has 20 heavy (non-hydrogen) atoms. The van der Waals surface area contributed by atoms with Crippen LogP contribution in [-0.4, -0.2) is 6.04 Å². The summed E-state index contributed by atoms with van der Waals surface area (Å²) in [4.78, 5) is 0. The lowest BCUT2D eigenvalue weighted by molar-refractivity contribution is 0.542. The molecule has 2 rings (SSSR count). The molecular weight excluding hydrogens is 324 g/mol. The predicted octanol–water partition coefficient (Wildman–Crippen LogP) is 4.45. The van der Waals surface area contributed by atoms with Gasteiger partial charge in [-0.3, -0.25) is 0 Å². The zero-order valence-electron chi connectivity index (χ0n) is 11.2. The molecule has 0 aliphatic carbocycles. The normalized spacial score (nSPS) is 12.4. The second kappa shape index (κ2) is 6.95. The summed E-state index contributed by atoms with van der Waals surface area (Å²) in [5.41, 5.74) is 2.10. The van der Waals surface area contributed by atoms with Gasteiger partial charge < -0.3 is 5.32 Å². The molecular formula is C16H16BrF2N. The van der Waals surface area contributed by atoms with E-state index in [1.807, 2.05) is 0 Å². The van der Waals surface area contributed by atoms with Crippen LogP contribution >= 0.6 is 15.9 Å². The molecule has 1 N–H and O–H groups in total. The Morgan fingerprint density at radius 1 is 1.05 bits per heavy atom. The highest BCUT2D eigenvalue weighted by Crippen LogP contribution is 2.18. The van der Waals surface area contributed by atoms with Crippen LogP contribution in [-0.2, 0) is 13.0 Å². The van der Waals surface area contributed by atoms with Crippen molar-refractivity contribution in [1.82, 2.24) is 5.32 Å². The average Bonchev–Trinajstić information content (AvgIpc) is 2.40. The zero-order valence-corrected chi connectivity index (χ0v) is 12.8. The van der Waals surface area contributed by atoms with Crippen LogP contribution in [0.25, 0.3) is 0 Å². The van der Waals surface area contributed by atoms with E-state index in [4.69, 9.17) is 0 Å². The molecule has 0 spiro atoms.